The normalized spacial score (nSPS) is 17.7. The van der Waals surface area contributed by atoms with Crippen LogP contribution in [-0.4, -0.2) is 41.9 Å². The largest absolute Gasteiger partial charge is 0.619 e. The van der Waals surface area contributed by atoms with Gasteiger partial charge >= 0.3 is 0 Å². The highest BCUT2D eigenvalue weighted by molar-refractivity contribution is 9.10. The highest BCUT2D eigenvalue weighted by Crippen LogP contribution is 2.40. The monoisotopic (exact) mass is 540 g/mol. The lowest BCUT2D eigenvalue weighted by molar-refractivity contribution is -0.617. The van der Waals surface area contributed by atoms with Crippen molar-refractivity contribution in [3.8, 4) is 0 Å². The zero-order valence-electron chi connectivity index (χ0n) is 18.2. The predicted octanol–water partition coefficient (Wildman–Crippen LogP) is 3.33. The maximum absolute atomic E-state index is 13.1. The van der Waals surface area contributed by atoms with Gasteiger partial charge < -0.3 is 15.3 Å². The number of nitrogens with zero attached hydrogens (tertiary/aromatic N) is 4. The van der Waals surface area contributed by atoms with Crippen molar-refractivity contribution in [3.63, 3.8) is 0 Å². The first-order chi connectivity index (χ1) is 16.4. The van der Waals surface area contributed by atoms with Crippen molar-refractivity contribution >= 4 is 45.6 Å². The Bertz CT molecular complexity index is 1270. The molecule has 1 unspecified atom stereocenters. The van der Waals surface area contributed by atoms with Gasteiger partial charge in [-0.1, -0.05) is 29.8 Å². The smallest absolute Gasteiger partial charge is 0.227 e. The van der Waals surface area contributed by atoms with E-state index < -0.39 is 0 Å². The third kappa shape index (κ3) is 4.41. The topological polar surface area (TPSA) is 77.4 Å². The molecule has 3 aromatic rings. The van der Waals surface area contributed by atoms with Gasteiger partial charge in [0.25, 0.3) is 0 Å². The molecule has 1 atom stereocenters. The summed E-state index contributed by atoms with van der Waals surface area (Å²) in [5.74, 6) is 0.0208. The number of piperazine rings is 1. The molecule has 1 aliphatic heterocycles. The number of carbonyl (C=O) groups is 1. The molecule has 1 saturated heterocycles. The minimum atomic E-state index is -0.335. The summed E-state index contributed by atoms with van der Waals surface area (Å²) < 4.78 is 2.33. The molecule has 0 spiro atoms. The van der Waals surface area contributed by atoms with Crippen LogP contribution in [0.3, 0.4) is 0 Å². The van der Waals surface area contributed by atoms with Gasteiger partial charge in [-0.05, 0) is 45.3 Å². The number of fused-ring (bicyclic) bond motifs is 2. The van der Waals surface area contributed by atoms with Crippen LogP contribution < -0.4 is 9.46 Å². The molecule has 2 aliphatic rings. The van der Waals surface area contributed by atoms with Crippen molar-refractivity contribution in [2.45, 2.75) is 12.5 Å². The molecule has 1 amide bonds. The maximum Gasteiger partial charge on any atom is 0.227 e. The lowest BCUT2D eigenvalue weighted by Crippen LogP contribution is -2.52. The Balaban J connectivity index is 1.42. The summed E-state index contributed by atoms with van der Waals surface area (Å²) in [5.41, 5.74) is 4.15. The molecular weight excluding hydrogens is 520 g/mol. The zero-order chi connectivity index (χ0) is 23.8. The summed E-state index contributed by atoms with van der Waals surface area (Å²) in [6, 6.07) is 10.7. The Morgan fingerprint density at radius 2 is 1.76 bits per heavy atom. The number of benzene rings is 1. The molecule has 5 rings (SSSR count). The molecule has 34 heavy (non-hydrogen) atoms. The van der Waals surface area contributed by atoms with E-state index in [0.717, 1.165) is 27.0 Å². The van der Waals surface area contributed by atoms with Gasteiger partial charge in [-0.25, -0.2) is 0 Å². The average Bonchev–Trinajstić information content (AvgIpc) is 2.99. The highest BCUT2D eigenvalue weighted by Gasteiger charge is 2.37. The lowest BCUT2D eigenvalue weighted by Gasteiger charge is -2.39. The first kappa shape index (κ1) is 22.8. The third-order valence-electron chi connectivity index (χ3n) is 6.39. The van der Waals surface area contributed by atoms with E-state index in [2.05, 4.69) is 20.8 Å². The van der Waals surface area contributed by atoms with Gasteiger partial charge in [-0.15, -0.1) is 0 Å². The first-order valence-electron chi connectivity index (χ1n) is 11.0. The number of pyridine rings is 2. The van der Waals surface area contributed by atoms with Crippen molar-refractivity contribution in [1.82, 2.24) is 9.80 Å². The second kappa shape index (κ2) is 9.37. The molecule has 2 aromatic heterocycles. The van der Waals surface area contributed by atoms with Gasteiger partial charge in [-0.2, -0.15) is 9.46 Å². The highest BCUT2D eigenvalue weighted by atomic mass is 79.9. The van der Waals surface area contributed by atoms with E-state index in [0.29, 0.717) is 46.1 Å². The van der Waals surface area contributed by atoms with Crippen molar-refractivity contribution in [3.05, 3.63) is 103 Å². The molecule has 0 radical (unpaired) electrons. The lowest BCUT2D eigenvalue weighted by atomic mass is 9.95. The molecule has 0 saturated carbocycles. The third-order valence-corrected chi connectivity index (χ3v) is 7.15. The Kier molecular flexibility index (Phi) is 6.29. The minimum absolute atomic E-state index is 0.0208. The summed E-state index contributed by atoms with van der Waals surface area (Å²) in [5, 5.41) is 25.0. The van der Waals surface area contributed by atoms with Crippen LogP contribution in [0.1, 0.15) is 34.0 Å². The number of rotatable bonds is 3. The summed E-state index contributed by atoms with van der Waals surface area (Å²) in [7, 11) is 0. The first-order valence-corrected chi connectivity index (χ1v) is 12.2. The number of halogens is 2. The minimum Gasteiger partial charge on any atom is -0.619 e. The van der Waals surface area contributed by atoms with E-state index >= 15 is 0 Å². The Hall–Kier alpha value is -2.94. The summed E-state index contributed by atoms with van der Waals surface area (Å²) in [6.07, 6.45) is 8.52. The number of aromatic nitrogens is 2. The summed E-state index contributed by atoms with van der Waals surface area (Å²) >= 11 is 10.1. The molecule has 1 aromatic carbocycles. The van der Waals surface area contributed by atoms with Crippen molar-refractivity contribution in [2.24, 2.45) is 0 Å². The van der Waals surface area contributed by atoms with Crippen molar-refractivity contribution in [1.29, 1.82) is 0 Å². The number of hydrogen-bond donors (Lipinski definition) is 0. The molecule has 7 nitrogen and oxygen atoms in total. The SMILES string of the molecule is O=C(Cc1cc[n+]([O-])cc1)N1CCN(C2c3c(Cl)cccc3C=Cc3cc(Br)c[n+]([O-])c32)CC1. The zero-order valence-corrected chi connectivity index (χ0v) is 20.6. The van der Waals surface area contributed by atoms with Crippen molar-refractivity contribution < 1.29 is 14.3 Å². The van der Waals surface area contributed by atoms with E-state index in [-0.39, 0.29) is 18.4 Å². The maximum atomic E-state index is 13.1. The Morgan fingerprint density at radius 1 is 1.06 bits per heavy atom. The van der Waals surface area contributed by atoms with Gasteiger partial charge in [0.15, 0.2) is 18.6 Å². The van der Waals surface area contributed by atoms with Gasteiger partial charge in [0, 0.05) is 54.5 Å². The van der Waals surface area contributed by atoms with Gasteiger partial charge in [0.2, 0.25) is 11.6 Å². The van der Waals surface area contributed by atoms with Crippen LogP contribution in [0.15, 0.2) is 59.5 Å². The van der Waals surface area contributed by atoms with Gasteiger partial charge in [0.1, 0.15) is 6.04 Å². The molecule has 9 heteroatoms. The quantitative estimate of drug-likeness (QED) is 0.377. The standard InChI is InChI=1S/C25H22BrClN4O3/c26-20-15-19-5-4-18-2-1-3-21(27)23(18)25(24(19)31(34)16-20)29-12-10-28(11-13-29)22(32)14-17-6-8-30(33)9-7-17/h1-9,15-16,25H,10-14H2. The van der Waals surface area contributed by atoms with E-state index in [1.165, 1.54) is 18.6 Å². The molecule has 1 aliphatic carbocycles. The van der Waals surface area contributed by atoms with Crippen LogP contribution >= 0.6 is 27.5 Å². The fraction of sp³-hybridized carbons (Fsp3) is 0.240. The van der Waals surface area contributed by atoms with Crippen LogP contribution in [0.4, 0.5) is 0 Å². The van der Waals surface area contributed by atoms with Crippen LogP contribution in [0.2, 0.25) is 5.02 Å². The summed E-state index contributed by atoms with van der Waals surface area (Å²) in [4.78, 5) is 16.9. The van der Waals surface area contributed by atoms with E-state index in [4.69, 9.17) is 11.6 Å². The molecule has 174 valence electrons. The van der Waals surface area contributed by atoms with Gasteiger partial charge in [0.05, 0.1) is 10.9 Å². The van der Waals surface area contributed by atoms with Crippen LogP contribution in [-0.2, 0) is 11.2 Å². The fourth-order valence-electron chi connectivity index (χ4n) is 4.72. The van der Waals surface area contributed by atoms with E-state index in [1.807, 2.05) is 41.3 Å². The number of hydrogen-bond acceptors (Lipinski definition) is 4. The van der Waals surface area contributed by atoms with E-state index in [1.54, 1.807) is 12.1 Å². The van der Waals surface area contributed by atoms with Crippen molar-refractivity contribution in [2.75, 3.05) is 26.2 Å². The molecule has 1 fully saturated rings. The Morgan fingerprint density at radius 3 is 2.50 bits per heavy atom. The Labute approximate surface area is 210 Å². The second-order valence-corrected chi connectivity index (χ2v) is 9.79. The molecular formula is C25H22BrClN4O3. The van der Waals surface area contributed by atoms with Crippen LogP contribution in [0.25, 0.3) is 12.2 Å². The number of carbonyl (C=O) groups excluding carboxylic acids is 1. The second-order valence-electron chi connectivity index (χ2n) is 8.46. The fourth-order valence-corrected chi connectivity index (χ4v) is 5.43. The number of amides is 1. The van der Waals surface area contributed by atoms with Crippen LogP contribution in [0, 0.1) is 10.4 Å². The van der Waals surface area contributed by atoms with Crippen LogP contribution in [0.5, 0.6) is 0 Å². The molecule has 0 N–H and O–H groups in total. The van der Waals surface area contributed by atoms with E-state index in [9.17, 15) is 15.2 Å². The summed E-state index contributed by atoms with van der Waals surface area (Å²) in [6.45, 7) is 2.29. The molecule has 0 bridgehead atoms. The van der Waals surface area contributed by atoms with Gasteiger partial charge in [-0.3, -0.25) is 9.69 Å². The predicted molar refractivity (Wildman–Crippen MR) is 133 cm³/mol. The average molecular weight is 542 g/mol. The molecule has 3 heterocycles.